The summed E-state index contributed by atoms with van der Waals surface area (Å²) in [5.74, 6) is 0.0849. The van der Waals surface area contributed by atoms with E-state index in [1.165, 1.54) is 7.11 Å². The predicted octanol–water partition coefficient (Wildman–Crippen LogP) is 4.45. The molecule has 2 rings (SSSR count). The van der Waals surface area contributed by atoms with Crippen LogP contribution in [0.1, 0.15) is 11.1 Å². The lowest BCUT2D eigenvalue weighted by molar-refractivity contribution is 0.277. The van der Waals surface area contributed by atoms with Crippen molar-refractivity contribution in [3.8, 4) is 11.5 Å². The molecule has 0 bridgehead atoms. The van der Waals surface area contributed by atoms with Gasteiger partial charge in [-0.15, -0.1) is 0 Å². The van der Waals surface area contributed by atoms with Crippen molar-refractivity contribution in [2.24, 2.45) is 0 Å². The Balaban J connectivity index is 2.24. The van der Waals surface area contributed by atoms with Gasteiger partial charge in [0.1, 0.15) is 18.2 Å². The smallest absolute Gasteiger partial charge is 0.165 e. The summed E-state index contributed by atoms with van der Waals surface area (Å²) < 4.78 is 37.5. The molecule has 0 spiro atoms. The van der Waals surface area contributed by atoms with Gasteiger partial charge in [0.05, 0.1) is 7.11 Å². The van der Waals surface area contributed by atoms with Gasteiger partial charge in [-0.2, -0.15) is 0 Å². The minimum absolute atomic E-state index is 0.0655. The fourth-order valence-corrected chi connectivity index (χ4v) is 2.24. The molecule has 0 aliphatic carbocycles. The predicted molar refractivity (Wildman–Crippen MR) is 76.3 cm³/mol. The third kappa shape index (κ3) is 3.28. The maximum absolute atomic E-state index is 13.6. The third-order valence-corrected chi connectivity index (χ3v) is 3.41. The summed E-state index contributed by atoms with van der Waals surface area (Å²) in [6, 6.07) is 8.75. The van der Waals surface area contributed by atoms with Crippen molar-refractivity contribution < 1.29 is 18.3 Å². The number of rotatable bonds is 5. The van der Waals surface area contributed by atoms with E-state index in [0.717, 1.165) is 23.8 Å². The van der Waals surface area contributed by atoms with Gasteiger partial charge in [0.25, 0.3) is 0 Å². The Labute approximate surface area is 124 Å². The van der Waals surface area contributed by atoms with E-state index in [1.54, 1.807) is 6.07 Å². The van der Waals surface area contributed by atoms with Crippen molar-refractivity contribution in [2.45, 2.75) is 11.9 Å². The van der Waals surface area contributed by atoms with Crippen LogP contribution in [0.25, 0.3) is 0 Å². The molecule has 0 N–H and O–H groups in total. The van der Waals surface area contributed by atoms with E-state index >= 15 is 0 Å². The number of hydrogen-bond acceptors (Lipinski definition) is 2. The maximum atomic E-state index is 13.6. The van der Waals surface area contributed by atoms with Crippen molar-refractivity contribution in [3.05, 3.63) is 59.2 Å². The number of ether oxygens (including phenoxy) is 2. The van der Waals surface area contributed by atoms with Gasteiger partial charge in [-0.3, -0.25) is 0 Å². The lowest BCUT2D eigenvalue weighted by atomic mass is 10.2. The Hall–Kier alpha value is -1.62. The Kier molecular flexibility index (Phi) is 4.95. The first-order valence-corrected chi connectivity index (χ1v) is 7.06. The van der Waals surface area contributed by atoms with Gasteiger partial charge in [-0.1, -0.05) is 28.1 Å². The summed E-state index contributed by atoms with van der Waals surface area (Å²) in [5.41, 5.74) is 1.04. The van der Waals surface area contributed by atoms with Crippen LogP contribution < -0.4 is 9.47 Å². The molecule has 0 saturated heterocycles. The first kappa shape index (κ1) is 14.8. The van der Waals surface area contributed by atoms with E-state index in [4.69, 9.17) is 9.47 Å². The van der Waals surface area contributed by atoms with E-state index in [9.17, 15) is 8.78 Å². The summed E-state index contributed by atoms with van der Waals surface area (Å²) in [6.07, 6.45) is 0. The number of methoxy groups -OCH3 is 1. The molecule has 2 nitrogen and oxygen atoms in total. The highest BCUT2D eigenvalue weighted by Crippen LogP contribution is 2.33. The Morgan fingerprint density at radius 3 is 2.60 bits per heavy atom. The molecule has 106 valence electrons. The number of alkyl halides is 1. The zero-order chi connectivity index (χ0) is 14.5. The van der Waals surface area contributed by atoms with Crippen LogP contribution in [-0.4, -0.2) is 7.11 Å². The third-order valence-electron chi connectivity index (χ3n) is 2.80. The molecule has 0 saturated carbocycles. The fraction of sp³-hybridized carbons (Fsp3) is 0.200. The summed E-state index contributed by atoms with van der Waals surface area (Å²) in [7, 11) is 1.53. The van der Waals surface area contributed by atoms with E-state index in [2.05, 4.69) is 15.9 Å². The normalized spacial score (nSPS) is 10.4. The number of hydrogen-bond donors (Lipinski definition) is 0. The first-order chi connectivity index (χ1) is 9.65. The minimum Gasteiger partial charge on any atom is -0.493 e. The number of halogens is 3. The van der Waals surface area contributed by atoms with Crippen LogP contribution in [0.4, 0.5) is 8.78 Å². The minimum atomic E-state index is -0.498. The highest BCUT2D eigenvalue weighted by molar-refractivity contribution is 9.08. The molecule has 0 aliphatic rings. The van der Waals surface area contributed by atoms with E-state index in [0.29, 0.717) is 16.8 Å². The van der Waals surface area contributed by atoms with Crippen LogP contribution >= 0.6 is 15.9 Å². The quantitative estimate of drug-likeness (QED) is 0.747. The van der Waals surface area contributed by atoms with Crippen molar-refractivity contribution >= 4 is 15.9 Å². The molecule has 0 heterocycles. The Morgan fingerprint density at radius 1 is 1.10 bits per heavy atom. The highest BCUT2D eigenvalue weighted by Gasteiger charge is 2.11. The zero-order valence-corrected chi connectivity index (χ0v) is 12.4. The molecule has 0 aromatic heterocycles. The zero-order valence-electron chi connectivity index (χ0n) is 10.8. The first-order valence-electron chi connectivity index (χ1n) is 5.94. The van der Waals surface area contributed by atoms with Crippen LogP contribution in [-0.2, 0) is 11.9 Å². The molecular formula is C15H13BrF2O2. The Bertz CT molecular complexity index is 580. The van der Waals surface area contributed by atoms with Gasteiger partial charge in [0.2, 0.25) is 0 Å². The standard InChI is InChI=1S/C15H13BrF2O2/c1-19-14-4-2-3-10(8-16)15(14)20-9-11-7-12(17)5-6-13(11)18/h2-7H,8-9H2,1H3. The topological polar surface area (TPSA) is 18.5 Å². The van der Waals surface area contributed by atoms with Gasteiger partial charge in [-0.05, 0) is 24.3 Å². The number of para-hydroxylation sites is 1. The molecule has 2 aromatic carbocycles. The Morgan fingerprint density at radius 2 is 1.90 bits per heavy atom. The van der Waals surface area contributed by atoms with Crippen molar-refractivity contribution in [3.63, 3.8) is 0 Å². The molecule has 0 amide bonds. The monoisotopic (exact) mass is 342 g/mol. The van der Waals surface area contributed by atoms with E-state index in [1.807, 2.05) is 12.1 Å². The second-order valence-electron chi connectivity index (χ2n) is 4.11. The van der Waals surface area contributed by atoms with Gasteiger partial charge < -0.3 is 9.47 Å². The van der Waals surface area contributed by atoms with Crippen molar-refractivity contribution in [2.75, 3.05) is 7.11 Å². The summed E-state index contributed by atoms with van der Waals surface area (Å²) in [5, 5.41) is 0.575. The van der Waals surface area contributed by atoms with Gasteiger partial charge >= 0.3 is 0 Å². The second-order valence-corrected chi connectivity index (χ2v) is 4.67. The molecule has 0 unspecified atom stereocenters. The lowest BCUT2D eigenvalue weighted by Crippen LogP contribution is -2.02. The SMILES string of the molecule is COc1cccc(CBr)c1OCc1cc(F)ccc1F. The summed E-state index contributed by atoms with van der Waals surface area (Å²) in [6.45, 7) is -0.0655. The van der Waals surface area contributed by atoms with Gasteiger partial charge in [0.15, 0.2) is 11.5 Å². The molecular weight excluding hydrogens is 330 g/mol. The lowest BCUT2D eigenvalue weighted by Gasteiger charge is -2.14. The molecule has 0 radical (unpaired) electrons. The van der Waals surface area contributed by atoms with Crippen LogP contribution in [0.15, 0.2) is 36.4 Å². The van der Waals surface area contributed by atoms with Crippen molar-refractivity contribution in [1.82, 2.24) is 0 Å². The molecule has 0 atom stereocenters. The largest absolute Gasteiger partial charge is 0.493 e. The summed E-state index contributed by atoms with van der Waals surface area (Å²) in [4.78, 5) is 0. The molecule has 0 aliphatic heterocycles. The van der Waals surface area contributed by atoms with Gasteiger partial charge in [0, 0.05) is 16.5 Å². The van der Waals surface area contributed by atoms with E-state index < -0.39 is 11.6 Å². The molecule has 0 fully saturated rings. The average molecular weight is 343 g/mol. The highest BCUT2D eigenvalue weighted by atomic mass is 79.9. The van der Waals surface area contributed by atoms with E-state index in [-0.39, 0.29) is 12.2 Å². The van der Waals surface area contributed by atoms with Crippen LogP contribution in [0.2, 0.25) is 0 Å². The van der Waals surface area contributed by atoms with Crippen LogP contribution in [0, 0.1) is 11.6 Å². The average Bonchev–Trinajstić information content (AvgIpc) is 2.47. The fourth-order valence-electron chi connectivity index (χ4n) is 1.79. The summed E-state index contributed by atoms with van der Waals surface area (Å²) >= 11 is 3.35. The van der Waals surface area contributed by atoms with Gasteiger partial charge in [-0.25, -0.2) is 8.78 Å². The maximum Gasteiger partial charge on any atom is 0.165 e. The van der Waals surface area contributed by atoms with Crippen LogP contribution in [0.3, 0.4) is 0 Å². The molecule has 2 aromatic rings. The van der Waals surface area contributed by atoms with Crippen molar-refractivity contribution in [1.29, 1.82) is 0 Å². The molecule has 5 heteroatoms. The van der Waals surface area contributed by atoms with Crippen LogP contribution in [0.5, 0.6) is 11.5 Å². The molecule has 20 heavy (non-hydrogen) atoms. The second kappa shape index (κ2) is 6.70. The number of benzene rings is 2.